The van der Waals surface area contributed by atoms with Crippen molar-refractivity contribution in [3.8, 4) is 11.5 Å². The minimum absolute atomic E-state index is 0.125. The Balaban J connectivity index is 1.12. The number of hydrogen-bond acceptors (Lipinski definition) is 7. The standard InChI is InChI=1S/C24H28N6O/c1-18-26-27-24(31-18)20-8-5-9-22(16-20)30-15-12-23(28-30)25-21-10-13-29(14-11-21)17-19-6-3-2-4-7-19/h2-9,12,15-16,21,23,25,28H,10-11,13-14,17H2,1H3. The van der Waals surface area contributed by atoms with Crippen molar-refractivity contribution in [3.05, 3.63) is 78.3 Å². The summed E-state index contributed by atoms with van der Waals surface area (Å²) >= 11 is 0. The van der Waals surface area contributed by atoms with Gasteiger partial charge in [0.1, 0.15) is 0 Å². The van der Waals surface area contributed by atoms with Crippen LogP contribution in [0.4, 0.5) is 5.69 Å². The Labute approximate surface area is 182 Å². The third kappa shape index (κ3) is 4.85. The fraction of sp³-hybridized carbons (Fsp3) is 0.333. The lowest BCUT2D eigenvalue weighted by molar-refractivity contribution is 0.185. The van der Waals surface area contributed by atoms with Gasteiger partial charge in [-0.1, -0.05) is 36.4 Å². The lowest BCUT2D eigenvalue weighted by Gasteiger charge is -2.34. The Morgan fingerprint density at radius 2 is 1.90 bits per heavy atom. The molecular formula is C24H28N6O. The highest BCUT2D eigenvalue weighted by atomic mass is 16.4. The van der Waals surface area contributed by atoms with Crippen LogP contribution in [0.3, 0.4) is 0 Å². The summed E-state index contributed by atoms with van der Waals surface area (Å²) in [5, 5.41) is 13.8. The molecule has 1 unspecified atom stereocenters. The maximum Gasteiger partial charge on any atom is 0.247 e. The van der Waals surface area contributed by atoms with Gasteiger partial charge in [-0.2, -0.15) is 0 Å². The van der Waals surface area contributed by atoms with E-state index in [1.54, 1.807) is 6.92 Å². The molecule has 1 aromatic heterocycles. The van der Waals surface area contributed by atoms with Crippen LogP contribution >= 0.6 is 0 Å². The fourth-order valence-corrected chi connectivity index (χ4v) is 4.22. The van der Waals surface area contributed by atoms with Crippen molar-refractivity contribution >= 4 is 5.69 Å². The topological polar surface area (TPSA) is 69.5 Å². The molecule has 2 aliphatic heterocycles. The zero-order valence-corrected chi connectivity index (χ0v) is 17.7. The number of nitrogens with zero attached hydrogens (tertiary/aromatic N) is 4. The number of nitrogens with one attached hydrogen (secondary N) is 2. The highest BCUT2D eigenvalue weighted by Gasteiger charge is 2.24. The molecule has 31 heavy (non-hydrogen) atoms. The monoisotopic (exact) mass is 416 g/mol. The van der Waals surface area contributed by atoms with Crippen molar-refractivity contribution < 1.29 is 4.42 Å². The fourth-order valence-electron chi connectivity index (χ4n) is 4.22. The van der Waals surface area contributed by atoms with Crippen LogP contribution in [0.5, 0.6) is 0 Å². The Morgan fingerprint density at radius 3 is 2.68 bits per heavy atom. The predicted octanol–water partition coefficient (Wildman–Crippen LogP) is 3.46. The van der Waals surface area contributed by atoms with E-state index in [4.69, 9.17) is 4.42 Å². The zero-order valence-electron chi connectivity index (χ0n) is 17.7. The first kappa shape index (κ1) is 19.9. The number of aromatic nitrogens is 2. The molecule has 5 rings (SSSR count). The summed E-state index contributed by atoms with van der Waals surface area (Å²) in [6, 6.07) is 19.3. The third-order valence-electron chi connectivity index (χ3n) is 5.85. The van der Waals surface area contributed by atoms with Gasteiger partial charge in [0.2, 0.25) is 11.8 Å². The molecule has 0 amide bonds. The molecule has 0 saturated carbocycles. The molecule has 1 saturated heterocycles. The number of benzene rings is 2. The summed E-state index contributed by atoms with van der Waals surface area (Å²) in [5.74, 6) is 1.11. The van der Waals surface area contributed by atoms with E-state index in [2.05, 4.69) is 80.6 Å². The maximum atomic E-state index is 5.56. The van der Waals surface area contributed by atoms with E-state index in [0.717, 1.165) is 43.7 Å². The molecular weight excluding hydrogens is 388 g/mol. The molecule has 0 aliphatic carbocycles. The Hall–Kier alpha value is -3.00. The first-order chi connectivity index (χ1) is 15.2. The molecule has 3 aromatic rings. The minimum atomic E-state index is 0.125. The zero-order chi connectivity index (χ0) is 21.0. The predicted molar refractivity (Wildman–Crippen MR) is 121 cm³/mol. The van der Waals surface area contributed by atoms with Crippen molar-refractivity contribution in [2.24, 2.45) is 0 Å². The molecule has 1 atom stereocenters. The Kier molecular flexibility index (Phi) is 5.80. The number of piperidine rings is 1. The van der Waals surface area contributed by atoms with Crippen LogP contribution in [-0.4, -0.2) is 40.4 Å². The van der Waals surface area contributed by atoms with Crippen LogP contribution in [0, 0.1) is 6.92 Å². The summed E-state index contributed by atoms with van der Waals surface area (Å²) in [4.78, 5) is 2.54. The van der Waals surface area contributed by atoms with Gasteiger partial charge in [0.15, 0.2) is 0 Å². The summed E-state index contributed by atoms with van der Waals surface area (Å²) in [6.45, 7) is 5.09. The number of rotatable bonds is 6. The van der Waals surface area contributed by atoms with E-state index in [1.165, 1.54) is 5.56 Å². The van der Waals surface area contributed by atoms with Crippen LogP contribution in [0.1, 0.15) is 24.3 Å². The average molecular weight is 417 g/mol. The molecule has 2 N–H and O–H groups in total. The van der Waals surface area contributed by atoms with E-state index in [9.17, 15) is 0 Å². The van der Waals surface area contributed by atoms with Gasteiger partial charge in [-0.05, 0) is 55.8 Å². The molecule has 160 valence electrons. The second kappa shape index (κ2) is 9.01. The van der Waals surface area contributed by atoms with Crippen molar-refractivity contribution in [2.75, 3.05) is 18.1 Å². The Morgan fingerprint density at radius 1 is 1.06 bits per heavy atom. The van der Waals surface area contributed by atoms with Crippen LogP contribution in [-0.2, 0) is 6.54 Å². The van der Waals surface area contributed by atoms with E-state index < -0.39 is 0 Å². The van der Waals surface area contributed by atoms with Crippen LogP contribution in [0.25, 0.3) is 11.5 Å². The van der Waals surface area contributed by atoms with Crippen LogP contribution in [0.2, 0.25) is 0 Å². The third-order valence-corrected chi connectivity index (χ3v) is 5.85. The van der Waals surface area contributed by atoms with Crippen LogP contribution in [0.15, 0.2) is 71.3 Å². The van der Waals surface area contributed by atoms with Crippen molar-refractivity contribution in [1.82, 2.24) is 25.8 Å². The van der Waals surface area contributed by atoms with Crippen molar-refractivity contribution in [1.29, 1.82) is 0 Å². The van der Waals surface area contributed by atoms with Crippen molar-refractivity contribution in [3.63, 3.8) is 0 Å². The van der Waals surface area contributed by atoms with Gasteiger partial charge in [0, 0.05) is 31.3 Å². The number of hydrazine groups is 1. The summed E-state index contributed by atoms with van der Waals surface area (Å²) < 4.78 is 5.56. The molecule has 0 bridgehead atoms. The normalized spacial score (nSPS) is 19.9. The van der Waals surface area contributed by atoms with Gasteiger partial charge < -0.3 is 4.42 Å². The molecule has 2 aliphatic rings. The van der Waals surface area contributed by atoms with E-state index in [-0.39, 0.29) is 6.17 Å². The van der Waals surface area contributed by atoms with Gasteiger partial charge in [-0.25, -0.2) is 5.43 Å². The number of aryl methyl sites for hydroxylation is 1. The van der Waals surface area contributed by atoms with Crippen molar-refractivity contribution in [2.45, 2.75) is 38.5 Å². The molecule has 7 nitrogen and oxygen atoms in total. The van der Waals surface area contributed by atoms with E-state index in [1.807, 2.05) is 17.1 Å². The Bertz CT molecular complexity index is 1030. The van der Waals surface area contributed by atoms with E-state index in [0.29, 0.717) is 17.8 Å². The van der Waals surface area contributed by atoms with Gasteiger partial charge >= 0.3 is 0 Å². The lowest BCUT2D eigenvalue weighted by Crippen LogP contribution is -2.51. The number of likely N-dealkylation sites (tertiary alicyclic amines) is 1. The van der Waals surface area contributed by atoms with Crippen LogP contribution < -0.4 is 15.8 Å². The summed E-state index contributed by atoms with van der Waals surface area (Å²) in [5.41, 5.74) is 6.86. The SMILES string of the molecule is Cc1nnc(-c2cccc(N3C=CC(NC4CCN(Cc5ccccc5)CC4)N3)c2)o1. The quantitative estimate of drug-likeness (QED) is 0.638. The highest BCUT2D eigenvalue weighted by Crippen LogP contribution is 2.25. The molecule has 7 heteroatoms. The molecule has 2 aromatic carbocycles. The van der Waals surface area contributed by atoms with Gasteiger partial charge in [0.05, 0.1) is 11.9 Å². The molecule has 0 spiro atoms. The van der Waals surface area contributed by atoms with Gasteiger partial charge in [-0.3, -0.25) is 15.2 Å². The number of anilines is 1. The minimum Gasteiger partial charge on any atom is -0.421 e. The second-order valence-electron chi connectivity index (χ2n) is 8.20. The van der Waals surface area contributed by atoms with E-state index >= 15 is 0 Å². The summed E-state index contributed by atoms with van der Waals surface area (Å²) in [6.07, 6.45) is 6.68. The molecule has 1 fully saturated rings. The maximum absolute atomic E-state index is 5.56. The summed E-state index contributed by atoms with van der Waals surface area (Å²) in [7, 11) is 0. The molecule has 3 heterocycles. The first-order valence-electron chi connectivity index (χ1n) is 10.9. The van der Waals surface area contributed by atoms with Gasteiger partial charge in [0.25, 0.3) is 0 Å². The largest absolute Gasteiger partial charge is 0.421 e. The smallest absolute Gasteiger partial charge is 0.247 e. The second-order valence-corrected chi connectivity index (χ2v) is 8.20. The molecule has 0 radical (unpaired) electrons. The number of hydrogen-bond donors (Lipinski definition) is 2. The average Bonchev–Trinajstić information content (AvgIpc) is 3.45. The highest BCUT2D eigenvalue weighted by molar-refractivity contribution is 5.63. The van der Waals surface area contributed by atoms with Gasteiger partial charge in [-0.15, -0.1) is 10.2 Å². The lowest BCUT2D eigenvalue weighted by atomic mass is 10.0. The first-order valence-corrected chi connectivity index (χ1v) is 10.9.